The maximum absolute atomic E-state index is 12.7. The molecule has 1 amide bonds. The SMILES string of the molecule is CCOC(=O)C1CN(c2ncc(C(F)(F)F)cn2)CCC1N1CCC(O)C1=O. The molecule has 3 heterocycles. The van der Waals surface area contributed by atoms with Gasteiger partial charge in [0.15, 0.2) is 0 Å². The van der Waals surface area contributed by atoms with Crippen molar-refractivity contribution in [2.75, 3.05) is 31.1 Å². The zero-order valence-corrected chi connectivity index (χ0v) is 15.2. The minimum Gasteiger partial charge on any atom is -0.466 e. The molecule has 2 fully saturated rings. The van der Waals surface area contributed by atoms with Crippen molar-refractivity contribution in [3.63, 3.8) is 0 Å². The normalized spacial score (nSPS) is 25.9. The Balaban J connectivity index is 1.79. The second-order valence-corrected chi connectivity index (χ2v) is 6.77. The molecule has 2 saturated heterocycles. The lowest BCUT2D eigenvalue weighted by Crippen LogP contribution is -2.55. The second-order valence-electron chi connectivity index (χ2n) is 6.77. The minimum absolute atomic E-state index is 0.0773. The van der Waals surface area contributed by atoms with Crippen molar-refractivity contribution >= 4 is 17.8 Å². The van der Waals surface area contributed by atoms with Crippen LogP contribution in [0.2, 0.25) is 0 Å². The van der Waals surface area contributed by atoms with E-state index in [2.05, 4.69) is 9.97 Å². The molecule has 1 aromatic rings. The van der Waals surface area contributed by atoms with E-state index in [9.17, 15) is 27.9 Å². The van der Waals surface area contributed by atoms with Gasteiger partial charge in [0.25, 0.3) is 5.91 Å². The van der Waals surface area contributed by atoms with Crippen LogP contribution in [0.15, 0.2) is 12.4 Å². The first-order chi connectivity index (χ1) is 13.2. The van der Waals surface area contributed by atoms with E-state index in [-0.39, 0.29) is 19.1 Å². The molecule has 3 unspecified atom stereocenters. The van der Waals surface area contributed by atoms with Crippen molar-refractivity contribution in [1.82, 2.24) is 14.9 Å². The molecule has 11 heteroatoms. The Morgan fingerprint density at radius 1 is 1.29 bits per heavy atom. The van der Waals surface area contributed by atoms with Crippen LogP contribution < -0.4 is 4.90 Å². The quantitative estimate of drug-likeness (QED) is 0.746. The summed E-state index contributed by atoms with van der Waals surface area (Å²) < 4.78 is 43.2. The fourth-order valence-electron chi connectivity index (χ4n) is 3.62. The summed E-state index contributed by atoms with van der Waals surface area (Å²) in [5, 5.41) is 9.72. The summed E-state index contributed by atoms with van der Waals surface area (Å²) in [6.45, 7) is 2.63. The van der Waals surface area contributed by atoms with Crippen LogP contribution in [0.25, 0.3) is 0 Å². The second kappa shape index (κ2) is 7.90. The Morgan fingerprint density at radius 3 is 2.50 bits per heavy atom. The van der Waals surface area contributed by atoms with Crippen LogP contribution in [0.5, 0.6) is 0 Å². The molecule has 0 saturated carbocycles. The fraction of sp³-hybridized carbons (Fsp3) is 0.647. The van der Waals surface area contributed by atoms with E-state index in [1.807, 2.05) is 0 Å². The molecule has 8 nitrogen and oxygen atoms in total. The number of esters is 1. The number of carbonyl (C=O) groups is 2. The predicted octanol–water partition coefficient (Wildman–Crippen LogP) is 0.847. The average molecular weight is 402 g/mol. The zero-order chi connectivity index (χ0) is 20.5. The summed E-state index contributed by atoms with van der Waals surface area (Å²) in [5.74, 6) is -1.56. The minimum atomic E-state index is -4.53. The van der Waals surface area contributed by atoms with Crippen LogP contribution in [0.4, 0.5) is 19.1 Å². The number of alkyl halides is 3. The van der Waals surface area contributed by atoms with Crippen molar-refractivity contribution in [3.05, 3.63) is 18.0 Å². The molecule has 0 radical (unpaired) electrons. The Kier molecular flexibility index (Phi) is 5.73. The highest BCUT2D eigenvalue weighted by Crippen LogP contribution is 2.31. The molecule has 2 aliphatic rings. The molecular formula is C17H21F3N4O4. The van der Waals surface area contributed by atoms with Gasteiger partial charge in [0.2, 0.25) is 5.95 Å². The molecule has 28 heavy (non-hydrogen) atoms. The van der Waals surface area contributed by atoms with E-state index in [1.54, 1.807) is 11.8 Å². The molecule has 0 bridgehead atoms. The summed E-state index contributed by atoms with van der Waals surface area (Å²) in [6.07, 6.45) is -3.51. The van der Waals surface area contributed by atoms with Crippen LogP contribution in [0.1, 0.15) is 25.3 Å². The molecule has 1 aromatic heterocycles. The number of aliphatic hydroxyl groups is 1. The number of anilines is 1. The van der Waals surface area contributed by atoms with E-state index in [4.69, 9.17) is 4.74 Å². The number of amides is 1. The first kappa shape index (κ1) is 20.3. The van der Waals surface area contributed by atoms with Gasteiger partial charge in [-0.05, 0) is 19.8 Å². The molecule has 3 atom stereocenters. The average Bonchev–Trinajstić information content (AvgIpc) is 2.99. The molecule has 0 spiro atoms. The number of aromatic nitrogens is 2. The summed E-state index contributed by atoms with van der Waals surface area (Å²) in [6, 6.07) is -0.450. The van der Waals surface area contributed by atoms with Gasteiger partial charge in [-0.25, -0.2) is 9.97 Å². The number of halogens is 3. The van der Waals surface area contributed by atoms with E-state index in [0.29, 0.717) is 38.3 Å². The fourth-order valence-corrected chi connectivity index (χ4v) is 3.62. The first-order valence-corrected chi connectivity index (χ1v) is 9.01. The monoisotopic (exact) mass is 402 g/mol. The highest BCUT2D eigenvalue weighted by atomic mass is 19.4. The highest BCUT2D eigenvalue weighted by molar-refractivity contribution is 5.84. The maximum Gasteiger partial charge on any atom is 0.419 e. The third kappa shape index (κ3) is 4.03. The predicted molar refractivity (Wildman–Crippen MR) is 90.1 cm³/mol. The van der Waals surface area contributed by atoms with E-state index in [0.717, 1.165) is 0 Å². The number of piperidine rings is 1. The van der Waals surface area contributed by atoms with E-state index < -0.39 is 41.7 Å². The zero-order valence-electron chi connectivity index (χ0n) is 15.2. The van der Waals surface area contributed by atoms with Crippen molar-refractivity contribution in [2.45, 2.75) is 38.1 Å². The van der Waals surface area contributed by atoms with Gasteiger partial charge in [0.05, 0.1) is 18.1 Å². The van der Waals surface area contributed by atoms with Gasteiger partial charge >= 0.3 is 12.1 Å². The number of ether oxygens (including phenoxy) is 1. The maximum atomic E-state index is 12.7. The van der Waals surface area contributed by atoms with Crippen molar-refractivity contribution in [3.8, 4) is 0 Å². The van der Waals surface area contributed by atoms with Gasteiger partial charge in [-0.15, -0.1) is 0 Å². The van der Waals surface area contributed by atoms with Gasteiger partial charge < -0.3 is 19.6 Å². The van der Waals surface area contributed by atoms with Gasteiger partial charge in [0, 0.05) is 38.1 Å². The van der Waals surface area contributed by atoms with Crippen LogP contribution in [-0.4, -0.2) is 70.2 Å². The summed E-state index contributed by atoms with van der Waals surface area (Å²) >= 11 is 0. The van der Waals surface area contributed by atoms with E-state index in [1.165, 1.54) is 4.90 Å². The van der Waals surface area contributed by atoms with Crippen LogP contribution in [-0.2, 0) is 20.5 Å². The molecule has 2 aliphatic heterocycles. The van der Waals surface area contributed by atoms with Gasteiger partial charge in [-0.2, -0.15) is 13.2 Å². The highest BCUT2D eigenvalue weighted by Gasteiger charge is 2.44. The number of likely N-dealkylation sites (tertiary alicyclic amines) is 1. The topological polar surface area (TPSA) is 95.9 Å². The number of rotatable bonds is 4. The van der Waals surface area contributed by atoms with Crippen LogP contribution in [0, 0.1) is 5.92 Å². The van der Waals surface area contributed by atoms with Gasteiger partial charge in [0.1, 0.15) is 6.10 Å². The number of hydrogen-bond acceptors (Lipinski definition) is 7. The third-order valence-corrected chi connectivity index (χ3v) is 5.03. The Bertz CT molecular complexity index is 728. The lowest BCUT2D eigenvalue weighted by Gasteiger charge is -2.41. The molecular weight excluding hydrogens is 381 g/mol. The van der Waals surface area contributed by atoms with Crippen molar-refractivity contribution in [2.24, 2.45) is 5.92 Å². The Morgan fingerprint density at radius 2 is 1.96 bits per heavy atom. The molecule has 3 rings (SSSR count). The summed E-state index contributed by atoms with van der Waals surface area (Å²) in [7, 11) is 0. The molecule has 154 valence electrons. The lowest BCUT2D eigenvalue weighted by atomic mass is 9.91. The smallest absolute Gasteiger partial charge is 0.419 e. The molecule has 0 aromatic carbocycles. The summed E-state index contributed by atoms with van der Waals surface area (Å²) in [5.41, 5.74) is -0.954. The standard InChI is InChI=1S/C17H21F3N4O4/c1-2-28-15(27)11-9-23(16-21-7-10(8-22-16)17(18,19)20)5-3-12(11)24-6-4-13(25)14(24)26/h7-8,11-13,25H,2-6,9H2,1H3. The summed E-state index contributed by atoms with van der Waals surface area (Å²) in [4.78, 5) is 35.3. The van der Waals surface area contributed by atoms with E-state index >= 15 is 0 Å². The number of carbonyl (C=O) groups excluding carboxylic acids is 2. The van der Waals surface area contributed by atoms with Gasteiger partial charge in [-0.3, -0.25) is 9.59 Å². The Hall–Kier alpha value is -2.43. The lowest BCUT2D eigenvalue weighted by molar-refractivity contribution is -0.152. The number of hydrogen-bond donors (Lipinski definition) is 1. The van der Waals surface area contributed by atoms with Crippen LogP contribution in [0.3, 0.4) is 0 Å². The van der Waals surface area contributed by atoms with Crippen molar-refractivity contribution in [1.29, 1.82) is 0 Å². The third-order valence-electron chi connectivity index (χ3n) is 5.03. The number of nitrogens with zero attached hydrogens (tertiary/aromatic N) is 4. The van der Waals surface area contributed by atoms with Crippen LogP contribution >= 0.6 is 0 Å². The number of aliphatic hydroxyl groups excluding tert-OH is 1. The van der Waals surface area contributed by atoms with Gasteiger partial charge in [-0.1, -0.05) is 0 Å². The van der Waals surface area contributed by atoms with Crippen molar-refractivity contribution < 1.29 is 32.6 Å². The molecule has 0 aliphatic carbocycles. The molecule has 1 N–H and O–H groups in total. The largest absolute Gasteiger partial charge is 0.466 e. The first-order valence-electron chi connectivity index (χ1n) is 9.01. The Labute approximate surface area is 159 Å².